The molecule has 0 radical (unpaired) electrons. The molecule has 0 saturated carbocycles. The van der Waals surface area contributed by atoms with Crippen molar-refractivity contribution in [2.24, 2.45) is 5.73 Å². The first kappa shape index (κ1) is 13.5. The largest absolute Gasteiger partial charge is 0.386 e. The highest BCUT2D eigenvalue weighted by Crippen LogP contribution is 2.35. The van der Waals surface area contributed by atoms with Gasteiger partial charge in [-0.1, -0.05) is 23.7 Å². The van der Waals surface area contributed by atoms with Crippen LogP contribution < -0.4 is 16.0 Å². The minimum atomic E-state index is 0.310. The summed E-state index contributed by atoms with van der Waals surface area (Å²) in [4.78, 5) is 6.91. The summed E-state index contributed by atoms with van der Waals surface area (Å²) in [5.41, 5.74) is 6.98. The maximum atomic E-state index is 6.42. The summed E-state index contributed by atoms with van der Waals surface area (Å²) in [6, 6.07) is 6.28. The Labute approximate surface area is 123 Å². The zero-order valence-corrected chi connectivity index (χ0v) is 12.3. The van der Waals surface area contributed by atoms with E-state index in [0.29, 0.717) is 6.04 Å². The standard InChI is InChI=1S/C15H19ClN4/c1-18-13-9-19-15(20-7-5-10(17)6-8-20)14-11(13)3-2-4-12(14)16/h2-4,9-10,18H,5-8,17H2,1H3. The number of anilines is 2. The van der Waals surface area contributed by atoms with Crippen LogP contribution in [0.4, 0.5) is 11.5 Å². The number of benzene rings is 1. The SMILES string of the molecule is CNc1cnc(N2CCC(N)CC2)c2c(Cl)cccc12. The van der Waals surface area contributed by atoms with Crippen molar-refractivity contribution in [1.82, 2.24) is 4.98 Å². The Balaban J connectivity index is 2.12. The zero-order chi connectivity index (χ0) is 14.1. The number of nitrogens with two attached hydrogens (primary N) is 1. The van der Waals surface area contributed by atoms with Crippen molar-refractivity contribution in [2.45, 2.75) is 18.9 Å². The highest BCUT2D eigenvalue weighted by molar-refractivity contribution is 6.37. The molecule has 5 heteroatoms. The first-order valence-electron chi connectivity index (χ1n) is 6.96. The van der Waals surface area contributed by atoms with Crippen LogP contribution in [0.1, 0.15) is 12.8 Å². The Morgan fingerprint density at radius 2 is 2.10 bits per heavy atom. The predicted octanol–water partition coefficient (Wildman–Crippen LogP) is 2.86. The van der Waals surface area contributed by atoms with Crippen LogP contribution in [0, 0.1) is 0 Å². The maximum Gasteiger partial charge on any atom is 0.138 e. The smallest absolute Gasteiger partial charge is 0.138 e. The van der Waals surface area contributed by atoms with Crippen molar-refractivity contribution in [2.75, 3.05) is 30.4 Å². The van der Waals surface area contributed by atoms with Crippen LogP contribution in [0.25, 0.3) is 10.8 Å². The summed E-state index contributed by atoms with van der Waals surface area (Å²) in [6.45, 7) is 1.88. The molecule has 1 aromatic heterocycles. The van der Waals surface area contributed by atoms with Gasteiger partial charge in [0.15, 0.2) is 0 Å². The molecule has 0 unspecified atom stereocenters. The number of piperidine rings is 1. The molecule has 0 atom stereocenters. The number of nitrogens with zero attached hydrogens (tertiary/aromatic N) is 2. The maximum absolute atomic E-state index is 6.42. The van der Waals surface area contributed by atoms with Crippen molar-refractivity contribution in [3.63, 3.8) is 0 Å². The zero-order valence-electron chi connectivity index (χ0n) is 11.6. The van der Waals surface area contributed by atoms with Gasteiger partial charge in [-0.3, -0.25) is 0 Å². The minimum Gasteiger partial charge on any atom is -0.386 e. The van der Waals surface area contributed by atoms with Crippen LogP contribution in [0.5, 0.6) is 0 Å². The molecule has 2 aromatic rings. The van der Waals surface area contributed by atoms with Crippen LogP contribution in [-0.4, -0.2) is 31.2 Å². The topological polar surface area (TPSA) is 54.2 Å². The molecule has 4 nitrogen and oxygen atoms in total. The van der Waals surface area contributed by atoms with Crippen LogP contribution in [0.2, 0.25) is 5.02 Å². The van der Waals surface area contributed by atoms with Gasteiger partial charge in [-0.05, 0) is 18.9 Å². The van der Waals surface area contributed by atoms with Gasteiger partial charge < -0.3 is 16.0 Å². The molecule has 1 aliphatic rings. The fourth-order valence-electron chi connectivity index (χ4n) is 2.79. The first-order valence-corrected chi connectivity index (χ1v) is 7.34. The summed E-state index contributed by atoms with van der Waals surface area (Å²) in [7, 11) is 1.90. The van der Waals surface area contributed by atoms with E-state index in [1.165, 1.54) is 0 Å². The third-order valence-electron chi connectivity index (χ3n) is 3.95. The molecular formula is C15H19ClN4. The van der Waals surface area contributed by atoms with Gasteiger partial charge in [0.1, 0.15) is 5.82 Å². The van der Waals surface area contributed by atoms with Gasteiger partial charge in [0.25, 0.3) is 0 Å². The molecule has 3 N–H and O–H groups in total. The van der Waals surface area contributed by atoms with Crippen LogP contribution >= 0.6 is 11.6 Å². The summed E-state index contributed by atoms with van der Waals surface area (Å²) in [6.07, 6.45) is 3.88. The van der Waals surface area contributed by atoms with Gasteiger partial charge in [0, 0.05) is 37.0 Å². The number of hydrogen-bond acceptors (Lipinski definition) is 4. The number of fused-ring (bicyclic) bond motifs is 1. The van der Waals surface area contributed by atoms with Crippen molar-refractivity contribution in [1.29, 1.82) is 0 Å². The molecule has 1 saturated heterocycles. The summed E-state index contributed by atoms with van der Waals surface area (Å²) < 4.78 is 0. The van der Waals surface area contributed by atoms with E-state index in [9.17, 15) is 0 Å². The molecular weight excluding hydrogens is 272 g/mol. The molecule has 3 rings (SSSR count). The molecule has 1 aromatic carbocycles. The lowest BCUT2D eigenvalue weighted by atomic mass is 10.0. The van der Waals surface area contributed by atoms with E-state index < -0.39 is 0 Å². The highest BCUT2D eigenvalue weighted by Gasteiger charge is 2.20. The molecule has 1 aliphatic heterocycles. The van der Waals surface area contributed by atoms with Crippen molar-refractivity contribution in [3.8, 4) is 0 Å². The lowest BCUT2D eigenvalue weighted by Crippen LogP contribution is -2.40. The predicted molar refractivity (Wildman–Crippen MR) is 85.7 cm³/mol. The number of halogens is 1. The van der Waals surface area contributed by atoms with E-state index in [4.69, 9.17) is 17.3 Å². The molecule has 0 aliphatic carbocycles. The molecule has 20 heavy (non-hydrogen) atoms. The van der Waals surface area contributed by atoms with Crippen molar-refractivity contribution in [3.05, 3.63) is 29.4 Å². The Morgan fingerprint density at radius 1 is 1.35 bits per heavy atom. The van der Waals surface area contributed by atoms with E-state index in [2.05, 4.69) is 21.3 Å². The minimum absolute atomic E-state index is 0.310. The number of nitrogens with one attached hydrogen (secondary N) is 1. The fraction of sp³-hybridized carbons (Fsp3) is 0.400. The first-order chi connectivity index (χ1) is 9.70. The number of hydrogen-bond donors (Lipinski definition) is 2. The van der Waals surface area contributed by atoms with E-state index in [-0.39, 0.29) is 0 Å². The normalized spacial score (nSPS) is 16.6. The summed E-state index contributed by atoms with van der Waals surface area (Å²) >= 11 is 6.42. The quantitative estimate of drug-likeness (QED) is 0.893. The van der Waals surface area contributed by atoms with E-state index in [1.807, 2.05) is 25.4 Å². The van der Waals surface area contributed by atoms with E-state index in [0.717, 1.165) is 53.2 Å². The number of aromatic nitrogens is 1. The average molecular weight is 291 g/mol. The summed E-state index contributed by atoms with van der Waals surface area (Å²) in [5, 5.41) is 6.06. The van der Waals surface area contributed by atoms with Gasteiger partial charge in [0.05, 0.1) is 16.9 Å². The van der Waals surface area contributed by atoms with Gasteiger partial charge in [0.2, 0.25) is 0 Å². The highest BCUT2D eigenvalue weighted by atomic mass is 35.5. The monoisotopic (exact) mass is 290 g/mol. The van der Waals surface area contributed by atoms with Gasteiger partial charge in [-0.2, -0.15) is 0 Å². The Hall–Kier alpha value is -1.52. The second-order valence-corrected chi connectivity index (χ2v) is 5.64. The van der Waals surface area contributed by atoms with Gasteiger partial charge >= 0.3 is 0 Å². The van der Waals surface area contributed by atoms with E-state index in [1.54, 1.807) is 0 Å². The molecule has 0 amide bonds. The van der Waals surface area contributed by atoms with E-state index >= 15 is 0 Å². The second kappa shape index (κ2) is 5.46. The second-order valence-electron chi connectivity index (χ2n) is 5.23. The van der Waals surface area contributed by atoms with Gasteiger partial charge in [-0.25, -0.2) is 4.98 Å². The van der Waals surface area contributed by atoms with Gasteiger partial charge in [-0.15, -0.1) is 0 Å². The average Bonchev–Trinajstić information content (AvgIpc) is 2.47. The molecule has 2 heterocycles. The number of rotatable bonds is 2. The fourth-order valence-corrected chi connectivity index (χ4v) is 3.04. The third-order valence-corrected chi connectivity index (χ3v) is 4.27. The lowest BCUT2D eigenvalue weighted by Gasteiger charge is -2.32. The van der Waals surface area contributed by atoms with Crippen LogP contribution in [0.15, 0.2) is 24.4 Å². The molecule has 1 fully saturated rings. The van der Waals surface area contributed by atoms with Crippen molar-refractivity contribution >= 4 is 33.9 Å². The Kier molecular flexibility index (Phi) is 3.68. The summed E-state index contributed by atoms with van der Waals surface area (Å²) in [5.74, 6) is 0.969. The third kappa shape index (κ3) is 2.30. The Morgan fingerprint density at radius 3 is 2.80 bits per heavy atom. The van der Waals surface area contributed by atoms with Crippen LogP contribution in [0.3, 0.4) is 0 Å². The molecule has 0 spiro atoms. The van der Waals surface area contributed by atoms with Crippen molar-refractivity contribution < 1.29 is 0 Å². The Bertz CT molecular complexity index is 621. The molecule has 0 bridgehead atoms. The van der Waals surface area contributed by atoms with Crippen LogP contribution in [-0.2, 0) is 0 Å². The number of pyridine rings is 1. The lowest BCUT2D eigenvalue weighted by molar-refractivity contribution is 0.499. The molecule has 106 valence electrons.